The number of nitrogens with zero attached hydrogens (tertiary/aromatic N) is 3. The minimum absolute atomic E-state index is 0.166. The molecule has 2 amide bonds. The van der Waals surface area contributed by atoms with E-state index in [0.29, 0.717) is 29.5 Å². The molecule has 0 N–H and O–H groups in total. The molecule has 5 aromatic rings. The summed E-state index contributed by atoms with van der Waals surface area (Å²) in [7, 11) is -2.94. The lowest BCUT2D eigenvalue weighted by Crippen LogP contribution is -2.70. The summed E-state index contributed by atoms with van der Waals surface area (Å²) in [5.41, 5.74) is 2.16. The van der Waals surface area contributed by atoms with Gasteiger partial charge in [-0.25, -0.2) is 18.6 Å². The highest BCUT2D eigenvalue weighted by molar-refractivity contribution is 7.14. The van der Waals surface area contributed by atoms with Crippen LogP contribution in [-0.4, -0.2) is 38.5 Å². The van der Waals surface area contributed by atoms with Gasteiger partial charge < -0.3 is 4.43 Å². The lowest BCUT2D eigenvalue weighted by Gasteiger charge is -2.48. The monoisotopic (exact) mass is 639 g/mol. The number of thiazole rings is 1. The summed E-state index contributed by atoms with van der Waals surface area (Å²) in [5.74, 6) is -1.03. The number of carbonyl (C=O) groups is 1. The summed E-state index contributed by atoms with van der Waals surface area (Å²) in [5, 5.41) is 4.61. The number of anilines is 2. The lowest BCUT2D eigenvalue weighted by atomic mass is 10.0. The van der Waals surface area contributed by atoms with E-state index in [4.69, 9.17) is 4.43 Å². The molecule has 1 atom stereocenters. The number of hydrogen-bond donors (Lipinski definition) is 0. The number of hydrogen-bond acceptors (Lipinski definition) is 4. The van der Waals surface area contributed by atoms with E-state index >= 15 is 0 Å². The second-order valence-corrected chi connectivity index (χ2v) is 17.4. The molecule has 1 aromatic heterocycles. The van der Waals surface area contributed by atoms with Gasteiger partial charge in [-0.15, -0.1) is 11.3 Å². The fourth-order valence-electron chi connectivity index (χ4n) is 6.16. The molecule has 1 aliphatic rings. The van der Waals surface area contributed by atoms with Gasteiger partial charge in [0.05, 0.1) is 24.9 Å². The Kier molecular flexibility index (Phi) is 8.43. The van der Waals surface area contributed by atoms with E-state index in [-0.39, 0.29) is 22.7 Å². The molecule has 5 nitrogen and oxygen atoms in total. The molecule has 1 saturated heterocycles. The second kappa shape index (κ2) is 12.3. The largest absolute Gasteiger partial charge is 0.401 e. The van der Waals surface area contributed by atoms with Crippen molar-refractivity contribution in [3.8, 4) is 11.1 Å². The summed E-state index contributed by atoms with van der Waals surface area (Å²) in [6.07, 6.45) is -0.362. The van der Waals surface area contributed by atoms with Gasteiger partial charge in [0.25, 0.3) is 8.32 Å². The summed E-state index contributed by atoms with van der Waals surface area (Å²) in [6.45, 7) is 9.27. The van der Waals surface area contributed by atoms with Crippen LogP contribution in [0.3, 0.4) is 0 Å². The number of rotatable bonds is 7. The predicted molar refractivity (Wildman–Crippen MR) is 181 cm³/mol. The molecule has 0 aliphatic carbocycles. The minimum atomic E-state index is -2.94. The van der Waals surface area contributed by atoms with Crippen LogP contribution in [0.15, 0.2) is 109 Å². The average Bonchev–Trinajstić information content (AvgIpc) is 3.48. The highest BCUT2D eigenvalue weighted by atomic mass is 32.1. The molecule has 230 valence electrons. The zero-order chi connectivity index (χ0) is 31.8. The molecule has 1 fully saturated rings. The SMILES string of the molecule is Cc1csc(N2CC(O[Si](c3ccccc3)(c3ccccc3)C(C)(C)C)CN(c3ccc(-c4cc(F)ccc4F)cc3)C2=O)n1. The molecular formula is C36H35F2N3O2SSi. The van der Waals surface area contributed by atoms with Gasteiger partial charge in [-0.05, 0) is 58.2 Å². The third-order valence-corrected chi connectivity index (χ3v) is 14.3. The second-order valence-electron chi connectivity index (χ2n) is 12.3. The van der Waals surface area contributed by atoms with Crippen LogP contribution in [-0.2, 0) is 4.43 Å². The van der Waals surface area contributed by atoms with Crippen LogP contribution in [0.2, 0.25) is 5.04 Å². The van der Waals surface area contributed by atoms with Crippen molar-refractivity contribution in [1.82, 2.24) is 4.98 Å². The standard InChI is InChI=1S/C36H35F2N3O2SSi/c1-25-24-44-34(39-25)41-23-29(43-45(36(2,3)4,30-11-7-5-8-12-30)31-13-9-6-10-14-31)22-40(35(41)42)28-18-15-26(16-19-28)32-21-27(37)17-20-33(32)38/h5-21,24,29H,22-23H2,1-4H3. The lowest BCUT2D eigenvalue weighted by molar-refractivity contribution is 0.181. The molecule has 4 aromatic carbocycles. The first-order chi connectivity index (χ1) is 21.6. The first-order valence-electron chi connectivity index (χ1n) is 14.9. The maximum absolute atomic E-state index is 14.5. The summed E-state index contributed by atoms with van der Waals surface area (Å²) >= 11 is 1.42. The van der Waals surface area contributed by atoms with Crippen LogP contribution in [0.1, 0.15) is 26.5 Å². The quantitative estimate of drug-likeness (QED) is 0.171. The topological polar surface area (TPSA) is 45.7 Å². The fraction of sp³-hybridized carbons (Fsp3) is 0.222. The third-order valence-electron chi connectivity index (χ3n) is 8.25. The molecule has 2 heterocycles. The Hall–Kier alpha value is -4.18. The molecule has 9 heteroatoms. The van der Waals surface area contributed by atoms with Crippen molar-refractivity contribution in [1.29, 1.82) is 0 Å². The highest BCUT2D eigenvalue weighted by Crippen LogP contribution is 2.39. The predicted octanol–water partition coefficient (Wildman–Crippen LogP) is 7.79. The van der Waals surface area contributed by atoms with Gasteiger partial charge >= 0.3 is 6.03 Å². The van der Waals surface area contributed by atoms with E-state index in [1.165, 1.54) is 17.4 Å². The number of aromatic nitrogens is 1. The number of benzene rings is 4. The molecule has 0 bridgehead atoms. The number of carbonyl (C=O) groups excluding carboxylic acids is 1. The van der Waals surface area contributed by atoms with E-state index < -0.39 is 20.0 Å². The zero-order valence-electron chi connectivity index (χ0n) is 25.7. The number of amides is 2. The van der Waals surface area contributed by atoms with Crippen molar-refractivity contribution >= 4 is 46.9 Å². The molecular weight excluding hydrogens is 605 g/mol. The van der Waals surface area contributed by atoms with Gasteiger partial charge in [0.15, 0.2) is 5.13 Å². The van der Waals surface area contributed by atoms with Crippen LogP contribution in [0, 0.1) is 18.6 Å². The first kappa shape index (κ1) is 30.8. The maximum atomic E-state index is 14.5. The van der Waals surface area contributed by atoms with Gasteiger partial charge in [-0.2, -0.15) is 0 Å². The molecule has 1 unspecified atom stereocenters. The Labute approximate surface area is 267 Å². The molecule has 0 radical (unpaired) electrons. The van der Waals surface area contributed by atoms with Gasteiger partial charge in [0.2, 0.25) is 0 Å². The van der Waals surface area contributed by atoms with Crippen molar-refractivity contribution in [2.45, 2.75) is 38.8 Å². The van der Waals surface area contributed by atoms with E-state index in [0.717, 1.165) is 28.2 Å². The molecule has 0 spiro atoms. The maximum Gasteiger partial charge on any atom is 0.330 e. The Morgan fingerprint density at radius 1 is 0.844 bits per heavy atom. The Balaban J connectivity index is 1.42. The fourth-order valence-corrected chi connectivity index (χ4v) is 11.6. The van der Waals surface area contributed by atoms with Crippen molar-refractivity contribution in [3.63, 3.8) is 0 Å². The molecule has 6 rings (SSSR count). The average molecular weight is 640 g/mol. The number of urea groups is 1. The smallest absolute Gasteiger partial charge is 0.330 e. The number of halogens is 2. The summed E-state index contributed by atoms with van der Waals surface area (Å²) in [6, 6.07) is 31.0. The third kappa shape index (κ3) is 5.95. The van der Waals surface area contributed by atoms with Crippen molar-refractivity contribution < 1.29 is 18.0 Å². The van der Waals surface area contributed by atoms with Crippen molar-refractivity contribution in [2.24, 2.45) is 0 Å². The van der Waals surface area contributed by atoms with Crippen LogP contribution < -0.4 is 20.2 Å². The van der Waals surface area contributed by atoms with E-state index in [1.807, 2.05) is 24.4 Å². The van der Waals surface area contributed by atoms with Gasteiger partial charge in [-0.3, -0.25) is 9.80 Å². The normalized spacial score (nSPS) is 15.9. The minimum Gasteiger partial charge on any atom is -0.401 e. The van der Waals surface area contributed by atoms with Crippen molar-refractivity contribution in [3.05, 3.63) is 126 Å². The van der Waals surface area contributed by atoms with Gasteiger partial charge in [-0.1, -0.05) is 93.6 Å². The number of aryl methyl sites for hydroxylation is 1. The molecule has 1 aliphatic heterocycles. The Bertz CT molecular complexity index is 1750. The molecule has 45 heavy (non-hydrogen) atoms. The summed E-state index contributed by atoms with van der Waals surface area (Å²) in [4.78, 5) is 22.2. The van der Waals surface area contributed by atoms with Gasteiger partial charge in [0, 0.05) is 16.6 Å². The zero-order valence-corrected chi connectivity index (χ0v) is 27.5. The van der Waals surface area contributed by atoms with Crippen molar-refractivity contribution in [2.75, 3.05) is 22.9 Å². The Morgan fingerprint density at radius 2 is 1.44 bits per heavy atom. The van der Waals surface area contributed by atoms with Crippen LogP contribution in [0.25, 0.3) is 11.1 Å². The van der Waals surface area contributed by atoms with Crippen LogP contribution in [0.4, 0.5) is 24.4 Å². The van der Waals surface area contributed by atoms with Crippen LogP contribution in [0.5, 0.6) is 0 Å². The molecule has 0 saturated carbocycles. The Morgan fingerprint density at radius 3 is 2.00 bits per heavy atom. The highest BCUT2D eigenvalue weighted by Gasteiger charge is 2.52. The summed E-state index contributed by atoms with van der Waals surface area (Å²) < 4.78 is 36.0. The first-order valence-corrected chi connectivity index (χ1v) is 17.7. The van der Waals surface area contributed by atoms with Gasteiger partial charge in [0.1, 0.15) is 11.6 Å². The van der Waals surface area contributed by atoms with E-state index in [9.17, 15) is 13.6 Å². The van der Waals surface area contributed by atoms with E-state index in [1.54, 1.807) is 34.1 Å². The van der Waals surface area contributed by atoms with Crippen LogP contribution >= 0.6 is 11.3 Å². The van der Waals surface area contributed by atoms with E-state index in [2.05, 4.69) is 74.3 Å².